The fourth-order valence-corrected chi connectivity index (χ4v) is 3.60. The predicted molar refractivity (Wildman–Crippen MR) is 90.1 cm³/mol. The molecular weight excluding hydrogens is 340 g/mol. The zero-order valence-electron chi connectivity index (χ0n) is 14.6. The number of aliphatic carboxylic acids is 1. The molecule has 7 heteroatoms. The number of allylic oxidation sites excluding steroid dienone is 1. The van der Waals surface area contributed by atoms with Gasteiger partial charge in [-0.1, -0.05) is 12.7 Å². The van der Waals surface area contributed by atoms with E-state index in [0.29, 0.717) is 18.4 Å². The summed E-state index contributed by atoms with van der Waals surface area (Å²) in [5.41, 5.74) is 1.08. The van der Waals surface area contributed by atoms with Crippen LogP contribution in [0.4, 0.5) is 0 Å². The third-order valence-corrected chi connectivity index (χ3v) is 5.20. The maximum Gasteiger partial charge on any atom is 0.334 e. The smallest absolute Gasteiger partial charge is 0.334 e. The van der Waals surface area contributed by atoms with Crippen LogP contribution in [0.25, 0.3) is 0 Å². The lowest BCUT2D eigenvalue weighted by Crippen LogP contribution is -2.29. The number of carbonyl (C=O) groups excluding carboxylic acids is 2. The third kappa shape index (κ3) is 3.88. The molecule has 2 aliphatic heterocycles. The Morgan fingerprint density at radius 1 is 1.46 bits per heavy atom. The van der Waals surface area contributed by atoms with E-state index < -0.39 is 11.9 Å². The zero-order chi connectivity index (χ0) is 18.9. The first-order valence-electron chi connectivity index (χ1n) is 8.63. The molecular formula is C19H22O7. The Hall–Kier alpha value is -2.41. The Bertz CT molecular complexity index is 705. The lowest BCUT2D eigenvalue weighted by Gasteiger charge is -2.20. The van der Waals surface area contributed by atoms with E-state index in [1.54, 1.807) is 0 Å². The van der Waals surface area contributed by atoms with E-state index in [-0.39, 0.29) is 36.3 Å². The second-order valence-corrected chi connectivity index (χ2v) is 7.07. The summed E-state index contributed by atoms with van der Waals surface area (Å²) in [4.78, 5) is 33.9. The van der Waals surface area contributed by atoms with E-state index in [4.69, 9.17) is 19.3 Å². The maximum absolute atomic E-state index is 11.9. The zero-order valence-corrected chi connectivity index (χ0v) is 14.6. The standard InChI is InChI=1S/C19H22O7/c1-11-13-6-5-12(10-24-15(22)8-7-14(20)21)4-3-9-19(2)17(26-19)16(13)25-18(11)23/h4,7-8,13,16-17H,1,3,5-6,9-10H2,2H3,(H,20,21)/b8-7+,12-4+/t13-,16-,17-,19+/m0/s1. The van der Waals surface area contributed by atoms with Crippen molar-refractivity contribution >= 4 is 17.9 Å². The van der Waals surface area contributed by atoms with Gasteiger partial charge in [0, 0.05) is 23.6 Å². The minimum Gasteiger partial charge on any atom is -0.478 e. The van der Waals surface area contributed by atoms with Crippen LogP contribution < -0.4 is 0 Å². The molecule has 0 aromatic carbocycles. The molecule has 3 aliphatic rings. The van der Waals surface area contributed by atoms with Crippen molar-refractivity contribution < 1.29 is 33.7 Å². The summed E-state index contributed by atoms with van der Waals surface area (Å²) in [7, 11) is 0. The van der Waals surface area contributed by atoms with Crippen molar-refractivity contribution in [3.05, 3.63) is 36.0 Å². The van der Waals surface area contributed by atoms with Crippen LogP contribution in [0.1, 0.15) is 32.6 Å². The number of hydrogen-bond acceptors (Lipinski definition) is 6. The maximum atomic E-state index is 11.9. The van der Waals surface area contributed by atoms with Crippen LogP contribution in [0.2, 0.25) is 0 Å². The van der Waals surface area contributed by atoms with Crippen molar-refractivity contribution in [2.75, 3.05) is 6.61 Å². The van der Waals surface area contributed by atoms with E-state index in [1.807, 2.05) is 13.0 Å². The second-order valence-electron chi connectivity index (χ2n) is 7.07. The number of carbonyl (C=O) groups is 3. The lowest BCUT2D eigenvalue weighted by molar-refractivity contribution is -0.140. The van der Waals surface area contributed by atoms with Crippen LogP contribution in [0.3, 0.4) is 0 Å². The van der Waals surface area contributed by atoms with E-state index >= 15 is 0 Å². The number of epoxide rings is 1. The monoisotopic (exact) mass is 362 g/mol. The summed E-state index contributed by atoms with van der Waals surface area (Å²) in [6, 6.07) is 0. The van der Waals surface area contributed by atoms with Crippen LogP contribution in [0.15, 0.2) is 36.0 Å². The van der Waals surface area contributed by atoms with Gasteiger partial charge in [0.05, 0.1) is 5.60 Å². The van der Waals surface area contributed by atoms with Crippen molar-refractivity contribution in [3.8, 4) is 0 Å². The highest BCUT2D eigenvalue weighted by atomic mass is 16.6. The molecule has 0 unspecified atom stereocenters. The van der Waals surface area contributed by atoms with Gasteiger partial charge in [-0.25, -0.2) is 14.4 Å². The van der Waals surface area contributed by atoms with Gasteiger partial charge in [0.15, 0.2) is 0 Å². The van der Waals surface area contributed by atoms with Crippen LogP contribution in [0, 0.1) is 5.92 Å². The normalized spacial score (nSPS) is 35.7. The SMILES string of the molecule is C=C1C(=O)O[C@H]2[C@H]1CC/C(COC(=O)/C=C/C(=O)O)=C\CC[C@@]1(C)O[C@@H]21. The number of carboxylic acid groups (broad SMARTS) is 1. The van der Waals surface area contributed by atoms with Crippen molar-refractivity contribution in [3.63, 3.8) is 0 Å². The molecule has 1 aliphatic carbocycles. The molecule has 3 rings (SSSR count). The molecule has 0 saturated carbocycles. The number of rotatable bonds is 4. The van der Waals surface area contributed by atoms with E-state index in [2.05, 4.69) is 6.58 Å². The van der Waals surface area contributed by atoms with Crippen LogP contribution >= 0.6 is 0 Å². The first kappa shape index (κ1) is 18.4. The summed E-state index contributed by atoms with van der Waals surface area (Å²) in [5, 5.41) is 8.53. The van der Waals surface area contributed by atoms with Crippen LogP contribution in [0.5, 0.6) is 0 Å². The average Bonchev–Trinajstić information content (AvgIpc) is 3.17. The van der Waals surface area contributed by atoms with Gasteiger partial charge in [0.1, 0.15) is 18.8 Å². The summed E-state index contributed by atoms with van der Waals surface area (Å²) < 4.78 is 16.4. The van der Waals surface area contributed by atoms with Crippen molar-refractivity contribution in [2.24, 2.45) is 5.92 Å². The number of carboxylic acids is 1. The Kier molecular flexibility index (Phi) is 5.00. The lowest BCUT2D eigenvalue weighted by atomic mass is 9.84. The van der Waals surface area contributed by atoms with Gasteiger partial charge >= 0.3 is 17.9 Å². The second kappa shape index (κ2) is 7.07. The quantitative estimate of drug-likeness (QED) is 0.353. The van der Waals surface area contributed by atoms with Gasteiger partial charge in [-0.2, -0.15) is 0 Å². The van der Waals surface area contributed by atoms with Gasteiger partial charge in [0.2, 0.25) is 0 Å². The highest BCUT2D eigenvalue weighted by Crippen LogP contribution is 2.49. The fourth-order valence-electron chi connectivity index (χ4n) is 3.60. The number of ether oxygens (including phenoxy) is 3. The Balaban J connectivity index is 1.66. The van der Waals surface area contributed by atoms with E-state index in [1.165, 1.54) is 0 Å². The highest BCUT2D eigenvalue weighted by molar-refractivity contribution is 5.91. The minimum absolute atomic E-state index is 0.0858. The summed E-state index contributed by atoms with van der Waals surface area (Å²) in [5.74, 6) is -2.39. The van der Waals surface area contributed by atoms with E-state index in [0.717, 1.165) is 30.6 Å². The van der Waals surface area contributed by atoms with Crippen LogP contribution in [-0.4, -0.2) is 47.4 Å². The number of hydrogen-bond donors (Lipinski definition) is 1. The molecule has 2 fully saturated rings. The molecule has 7 nitrogen and oxygen atoms in total. The first-order valence-corrected chi connectivity index (χ1v) is 8.63. The molecule has 0 aromatic rings. The third-order valence-electron chi connectivity index (χ3n) is 5.20. The molecule has 2 heterocycles. The number of fused-ring (bicyclic) bond motifs is 3. The average molecular weight is 362 g/mol. The minimum atomic E-state index is -1.21. The van der Waals surface area contributed by atoms with Gasteiger partial charge in [-0.3, -0.25) is 0 Å². The molecule has 1 N–H and O–H groups in total. The fraction of sp³-hybridized carbons (Fsp3) is 0.526. The first-order chi connectivity index (χ1) is 12.3. The molecule has 0 aromatic heterocycles. The molecule has 2 saturated heterocycles. The molecule has 26 heavy (non-hydrogen) atoms. The summed E-state index contributed by atoms with van der Waals surface area (Å²) >= 11 is 0. The molecule has 140 valence electrons. The topological polar surface area (TPSA) is 102 Å². The number of esters is 2. The van der Waals surface area contributed by atoms with Gasteiger partial charge in [0.25, 0.3) is 0 Å². The van der Waals surface area contributed by atoms with E-state index in [9.17, 15) is 14.4 Å². The summed E-state index contributed by atoms with van der Waals surface area (Å²) in [6.07, 6.45) is 6.08. The van der Waals surface area contributed by atoms with Crippen LogP contribution in [-0.2, 0) is 28.6 Å². The molecule has 0 spiro atoms. The van der Waals surface area contributed by atoms with Crippen molar-refractivity contribution in [1.29, 1.82) is 0 Å². The van der Waals surface area contributed by atoms with Crippen molar-refractivity contribution in [2.45, 2.75) is 50.4 Å². The van der Waals surface area contributed by atoms with Gasteiger partial charge < -0.3 is 19.3 Å². The van der Waals surface area contributed by atoms with Crippen molar-refractivity contribution in [1.82, 2.24) is 0 Å². The Morgan fingerprint density at radius 2 is 2.23 bits per heavy atom. The van der Waals surface area contributed by atoms with Gasteiger partial charge in [-0.05, 0) is 38.2 Å². The largest absolute Gasteiger partial charge is 0.478 e. The predicted octanol–water partition coefficient (Wildman–Crippen LogP) is 1.93. The summed E-state index contributed by atoms with van der Waals surface area (Å²) in [6.45, 7) is 5.96. The Labute approximate surface area is 151 Å². The molecule has 0 radical (unpaired) electrons. The Morgan fingerprint density at radius 3 is 2.96 bits per heavy atom. The highest BCUT2D eigenvalue weighted by Gasteiger charge is 2.61. The molecule has 0 amide bonds. The van der Waals surface area contributed by atoms with Gasteiger partial charge in [-0.15, -0.1) is 0 Å². The molecule has 4 atom stereocenters. The molecule has 0 bridgehead atoms.